The van der Waals surface area contributed by atoms with E-state index in [4.69, 9.17) is 8.94 Å². The molecule has 5 nitrogen and oxygen atoms in total. The van der Waals surface area contributed by atoms with Gasteiger partial charge in [0.1, 0.15) is 17.3 Å². The molecule has 3 rings (SSSR count). The Balaban J connectivity index is 1.97. The van der Waals surface area contributed by atoms with Crippen LogP contribution in [-0.4, -0.2) is 11.1 Å². The number of nitrogens with zero attached hydrogens (tertiary/aromatic N) is 2. The van der Waals surface area contributed by atoms with Crippen LogP contribution in [-0.2, 0) is 11.3 Å². The number of aromatic nitrogens is 1. The summed E-state index contributed by atoms with van der Waals surface area (Å²) in [6.07, 6.45) is 1.54. The van der Waals surface area contributed by atoms with E-state index < -0.39 is 11.7 Å². The van der Waals surface area contributed by atoms with Crippen molar-refractivity contribution in [3.63, 3.8) is 0 Å². The standard InChI is InChI=1S/C19H19FN2O3/c1-12(18-13(2)21-25-14(18)3)19(23)22(11-17-8-5-9-24-17)16-7-4-6-15(20)10-16/h4-10,12H,11H2,1-3H3. The van der Waals surface area contributed by atoms with E-state index in [0.29, 0.717) is 22.9 Å². The maximum absolute atomic E-state index is 13.7. The van der Waals surface area contributed by atoms with Gasteiger partial charge in [-0.2, -0.15) is 0 Å². The molecule has 1 unspecified atom stereocenters. The quantitative estimate of drug-likeness (QED) is 0.691. The normalized spacial score (nSPS) is 12.2. The summed E-state index contributed by atoms with van der Waals surface area (Å²) in [6.45, 7) is 5.58. The van der Waals surface area contributed by atoms with Crippen molar-refractivity contribution in [1.29, 1.82) is 0 Å². The van der Waals surface area contributed by atoms with Crippen LogP contribution >= 0.6 is 0 Å². The molecule has 0 fully saturated rings. The van der Waals surface area contributed by atoms with Crippen molar-refractivity contribution in [3.05, 3.63) is 71.3 Å². The minimum absolute atomic E-state index is 0.184. The van der Waals surface area contributed by atoms with Crippen molar-refractivity contribution >= 4 is 11.6 Å². The first-order valence-corrected chi connectivity index (χ1v) is 7.99. The number of hydrogen-bond acceptors (Lipinski definition) is 4. The SMILES string of the molecule is Cc1noc(C)c1C(C)C(=O)N(Cc1ccco1)c1cccc(F)c1. The minimum atomic E-state index is -0.482. The number of furan rings is 1. The maximum Gasteiger partial charge on any atom is 0.234 e. The van der Waals surface area contributed by atoms with E-state index in [2.05, 4.69) is 5.16 Å². The van der Waals surface area contributed by atoms with Crippen molar-refractivity contribution in [2.45, 2.75) is 33.2 Å². The molecule has 25 heavy (non-hydrogen) atoms. The molecule has 1 atom stereocenters. The van der Waals surface area contributed by atoms with E-state index in [-0.39, 0.29) is 12.5 Å². The molecule has 0 aliphatic carbocycles. The molecule has 0 N–H and O–H groups in total. The molecule has 1 amide bonds. The fraction of sp³-hybridized carbons (Fsp3) is 0.263. The van der Waals surface area contributed by atoms with Crippen LogP contribution in [0.15, 0.2) is 51.6 Å². The van der Waals surface area contributed by atoms with E-state index in [0.717, 1.165) is 5.56 Å². The molecular weight excluding hydrogens is 323 g/mol. The molecule has 6 heteroatoms. The minimum Gasteiger partial charge on any atom is -0.467 e. The molecule has 3 aromatic rings. The van der Waals surface area contributed by atoms with Gasteiger partial charge in [-0.15, -0.1) is 0 Å². The number of anilines is 1. The highest BCUT2D eigenvalue weighted by molar-refractivity contribution is 5.98. The zero-order valence-corrected chi connectivity index (χ0v) is 14.3. The smallest absolute Gasteiger partial charge is 0.234 e. The third kappa shape index (κ3) is 3.47. The topological polar surface area (TPSA) is 59.5 Å². The molecule has 0 bridgehead atoms. The van der Waals surface area contributed by atoms with Crippen LogP contribution in [0.1, 0.15) is 35.6 Å². The number of amides is 1. The lowest BCUT2D eigenvalue weighted by molar-refractivity contribution is -0.119. The summed E-state index contributed by atoms with van der Waals surface area (Å²) < 4.78 is 24.2. The van der Waals surface area contributed by atoms with E-state index in [9.17, 15) is 9.18 Å². The van der Waals surface area contributed by atoms with E-state index >= 15 is 0 Å². The molecule has 0 saturated heterocycles. The molecular formula is C19H19FN2O3. The molecule has 0 aliphatic rings. The van der Waals surface area contributed by atoms with Gasteiger partial charge < -0.3 is 13.8 Å². The van der Waals surface area contributed by atoms with Crippen LogP contribution in [0.5, 0.6) is 0 Å². The van der Waals surface area contributed by atoms with Crippen LogP contribution in [0.2, 0.25) is 0 Å². The molecule has 0 radical (unpaired) electrons. The largest absolute Gasteiger partial charge is 0.467 e. The van der Waals surface area contributed by atoms with E-state index in [1.165, 1.54) is 17.0 Å². The van der Waals surface area contributed by atoms with Gasteiger partial charge in [0.05, 0.1) is 24.4 Å². The molecule has 130 valence electrons. The Morgan fingerprint density at radius 3 is 2.68 bits per heavy atom. The predicted octanol–water partition coefficient (Wildman–Crippen LogP) is 4.36. The first-order valence-electron chi connectivity index (χ1n) is 7.99. The third-order valence-corrected chi connectivity index (χ3v) is 4.17. The van der Waals surface area contributed by atoms with Gasteiger partial charge in [-0.1, -0.05) is 11.2 Å². The molecule has 0 saturated carbocycles. The van der Waals surface area contributed by atoms with Crippen LogP contribution in [0, 0.1) is 19.7 Å². The highest BCUT2D eigenvalue weighted by Gasteiger charge is 2.28. The van der Waals surface area contributed by atoms with Gasteiger partial charge >= 0.3 is 0 Å². The number of halogens is 1. The monoisotopic (exact) mass is 342 g/mol. The second-order valence-corrected chi connectivity index (χ2v) is 5.94. The third-order valence-electron chi connectivity index (χ3n) is 4.17. The van der Waals surface area contributed by atoms with Crippen molar-refractivity contribution < 1.29 is 18.1 Å². The summed E-state index contributed by atoms with van der Waals surface area (Å²) in [5.74, 6) is 0.153. The zero-order chi connectivity index (χ0) is 18.0. The van der Waals surface area contributed by atoms with Crippen molar-refractivity contribution in [1.82, 2.24) is 5.16 Å². The second-order valence-electron chi connectivity index (χ2n) is 5.94. The number of aryl methyl sites for hydroxylation is 2. The average molecular weight is 342 g/mol. The summed E-state index contributed by atoms with van der Waals surface area (Å²) in [4.78, 5) is 14.7. The van der Waals surface area contributed by atoms with Gasteiger partial charge in [0, 0.05) is 11.3 Å². The Morgan fingerprint density at radius 2 is 2.08 bits per heavy atom. The summed E-state index contributed by atoms with van der Waals surface area (Å²) in [5, 5.41) is 3.92. The Labute approximate surface area is 145 Å². The van der Waals surface area contributed by atoms with Gasteiger partial charge in [0.25, 0.3) is 0 Å². The number of hydrogen-bond donors (Lipinski definition) is 0. The summed E-state index contributed by atoms with van der Waals surface area (Å²) in [6, 6.07) is 9.48. The highest BCUT2D eigenvalue weighted by Crippen LogP contribution is 2.28. The van der Waals surface area contributed by atoms with E-state index in [1.54, 1.807) is 51.3 Å². The van der Waals surface area contributed by atoms with Gasteiger partial charge in [0.2, 0.25) is 5.91 Å². The van der Waals surface area contributed by atoms with Gasteiger partial charge in [0.15, 0.2) is 0 Å². The number of carbonyl (C=O) groups is 1. The average Bonchev–Trinajstić information content (AvgIpc) is 3.21. The highest BCUT2D eigenvalue weighted by atomic mass is 19.1. The molecule has 1 aromatic carbocycles. The van der Waals surface area contributed by atoms with Gasteiger partial charge in [-0.3, -0.25) is 4.79 Å². The second kappa shape index (κ2) is 6.93. The Bertz CT molecular complexity index is 851. The molecule has 0 spiro atoms. The Kier molecular flexibility index (Phi) is 4.70. The maximum atomic E-state index is 13.7. The summed E-state index contributed by atoms with van der Waals surface area (Å²) in [5.41, 5.74) is 1.90. The summed E-state index contributed by atoms with van der Waals surface area (Å²) in [7, 11) is 0. The van der Waals surface area contributed by atoms with Crippen LogP contribution in [0.25, 0.3) is 0 Å². The zero-order valence-electron chi connectivity index (χ0n) is 14.3. The van der Waals surface area contributed by atoms with Crippen molar-refractivity contribution in [3.8, 4) is 0 Å². The first kappa shape index (κ1) is 17.0. The predicted molar refractivity (Wildman–Crippen MR) is 90.7 cm³/mol. The molecule has 2 heterocycles. The lowest BCUT2D eigenvalue weighted by atomic mass is 9.97. The van der Waals surface area contributed by atoms with Gasteiger partial charge in [-0.05, 0) is 51.1 Å². The fourth-order valence-corrected chi connectivity index (χ4v) is 2.96. The number of benzene rings is 1. The Hall–Kier alpha value is -2.89. The number of carbonyl (C=O) groups excluding carboxylic acids is 1. The lowest BCUT2D eigenvalue weighted by Crippen LogP contribution is -2.34. The molecule has 0 aliphatic heterocycles. The van der Waals surface area contributed by atoms with Crippen molar-refractivity contribution in [2.24, 2.45) is 0 Å². The van der Waals surface area contributed by atoms with E-state index in [1.807, 2.05) is 0 Å². The van der Waals surface area contributed by atoms with Crippen LogP contribution < -0.4 is 4.90 Å². The molecule has 2 aromatic heterocycles. The fourth-order valence-electron chi connectivity index (χ4n) is 2.96. The number of rotatable bonds is 5. The van der Waals surface area contributed by atoms with Crippen LogP contribution in [0.3, 0.4) is 0 Å². The van der Waals surface area contributed by atoms with Crippen molar-refractivity contribution in [2.75, 3.05) is 4.90 Å². The van der Waals surface area contributed by atoms with Gasteiger partial charge in [-0.25, -0.2) is 4.39 Å². The first-order chi connectivity index (χ1) is 12.0. The Morgan fingerprint density at radius 1 is 1.28 bits per heavy atom. The summed E-state index contributed by atoms with van der Waals surface area (Å²) >= 11 is 0. The van der Waals surface area contributed by atoms with Crippen LogP contribution in [0.4, 0.5) is 10.1 Å². The lowest BCUT2D eigenvalue weighted by Gasteiger charge is -2.25.